The van der Waals surface area contributed by atoms with Crippen molar-refractivity contribution in [2.45, 2.75) is 31.7 Å². The number of hydrogen-bond acceptors (Lipinski definition) is 2. The number of carbonyl (C=O) groups excluding carboxylic acids is 1. The van der Waals surface area contributed by atoms with Crippen molar-refractivity contribution in [3.05, 3.63) is 0 Å². The average molecular weight is 154 g/mol. The third-order valence-electron chi connectivity index (χ3n) is 2.94. The topological polar surface area (TPSA) is 55.1 Å². The molecule has 1 aliphatic carbocycles. The summed E-state index contributed by atoms with van der Waals surface area (Å²) in [6.07, 6.45) is 3.97. The normalized spacial score (nSPS) is 43.4. The summed E-state index contributed by atoms with van der Waals surface area (Å²) in [4.78, 5) is 11.0. The average Bonchev–Trinajstić information content (AvgIpc) is 2.44. The highest BCUT2D eigenvalue weighted by Gasteiger charge is 2.43. The summed E-state index contributed by atoms with van der Waals surface area (Å²) in [5.74, 6) is 0.208. The Balaban J connectivity index is 2.07. The molecule has 3 N–H and O–H groups in total. The molecule has 0 aromatic rings. The smallest absolute Gasteiger partial charge is 0.220 e. The fourth-order valence-corrected chi connectivity index (χ4v) is 2.32. The van der Waals surface area contributed by atoms with Crippen LogP contribution >= 0.6 is 0 Å². The highest BCUT2D eigenvalue weighted by atomic mass is 16.1. The van der Waals surface area contributed by atoms with Gasteiger partial charge in [0.15, 0.2) is 0 Å². The van der Waals surface area contributed by atoms with E-state index in [1.165, 1.54) is 0 Å². The predicted octanol–water partition coefficient (Wildman–Crippen LogP) is 0.00390. The Hall–Kier alpha value is -0.570. The first-order valence-electron chi connectivity index (χ1n) is 4.23. The van der Waals surface area contributed by atoms with Crippen LogP contribution in [0.25, 0.3) is 0 Å². The van der Waals surface area contributed by atoms with Gasteiger partial charge in [-0.05, 0) is 24.7 Å². The fraction of sp³-hybridized carbons (Fsp3) is 0.875. The Labute approximate surface area is 66.3 Å². The van der Waals surface area contributed by atoms with Crippen LogP contribution in [0.4, 0.5) is 0 Å². The highest BCUT2D eigenvalue weighted by Crippen LogP contribution is 2.42. The van der Waals surface area contributed by atoms with Crippen LogP contribution in [0.1, 0.15) is 25.7 Å². The Kier molecular flexibility index (Phi) is 1.42. The lowest BCUT2D eigenvalue weighted by atomic mass is 9.85. The molecule has 2 atom stereocenters. The van der Waals surface area contributed by atoms with Crippen LogP contribution in [-0.2, 0) is 4.79 Å². The summed E-state index contributed by atoms with van der Waals surface area (Å²) < 4.78 is 0. The molecule has 3 heteroatoms. The predicted molar refractivity (Wildman–Crippen MR) is 41.9 cm³/mol. The molecule has 1 saturated heterocycles. The fourth-order valence-electron chi connectivity index (χ4n) is 2.32. The van der Waals surface area contributed by atoms with Gasteiger partial charge >= 0.3 is 0 Å². The molecule has 2 fully saturated rings. The molecule has 1 spiro atoms. The molecule has 2 rings (SSSR count). The van der Waals surface area contributed by atoms with Crippen molar-refractivity contribution >= 4 is 5.91 Å². The zero-order valence-corrected chi connectivity index (χ0v) is 6.60. The molecule has 11 heavy (non-hydrogen) atoms. The quantitative estimate of drug-likeness (QED) is 0.516. The number of nitrogens with two attached hydrogens (primary N) is 1. The van der Waals surface area contributed by atoms with E-state index in [-0.39, 0.29) is 11.3 Å². The van der Waals surface area contributed by atoms with E-state index in [0.29, 0.717) is 12.5 Å². The zero-order chi connectivity index (χ0) is 7.90. The lowest BCUT2D eigenvalue weighted by Crippen LogP contribution is -2.24. The van der Waals surface area contributed by atoms with Gasteiger partial charge in [-0.3, -0.25) is 4.79 Å². The molecule has 0 aromatic carbocycles. The third-order valence-corrected chi connectivity index (χ3v) is 2.94. The largest absolute Gasteiger partial charge is 0.356 e. The van der Waals surface area contributed by atoms with Gasteiger partial charge in [0.25, 0.3) is 0 Å². The van der Waals surface area contributed by atoms with Crippen molar-refractivity contribution in [1.82, 2.24) is 5.32 Å². The van der Waals surface area contributed by atoms with E-state index in [4.69, 9.17) is 5.73 Å². The van der Waals surface area contributed by atoms with Crippen LogP contribution in [0.5, 0.6) is 0 Å². The zero-order valence-electron chi connectivity index (χ0n) is 6.60. The van der Waals surface area contributed by atoms with Gasteiger partial charge in [-0.1, -0.05) is 0 Å². The second-order valence-corrected chi connectivity index (χ2v) is 3.96. The summed E-state index contributed by atoms with van der Waals surface area (Å²) >= 11 is 0. The maximum absolute atomic E-state index is 11.0. The van der Waals surface area contributed by atoms with Gasteiger partial charge in [-0.2, -0.15) is 0 Å². The number of amides is 1. The van der Waals surface area contributed by atoms with Crippen molar-refractivity contribution in [3.8, 4) is 0 Å². The van der Waals surface area contributed by atoms with E-state index in [1.807, 2.05) is 0 Å². The second-order valence-electron chi connectivity index (χ2n) is 3.96. The second kappa shape index (κ2) is 2.21. The number of hydrogen-bond donors (Lipinski definition) is 2. The molecule has 2 aliphatic rings. The van der Waals surface area contributed by atoms with E-state index in [2.05, 4.69) is 5.32 Å². The molecule has 62 valence electrons. The highest BCUT2D eigenvalue weighted by molar-refractivity contribution is 5.79. The first-order valence-corrected chi connectivity index (χ1v) is 4.23. The van der Waals surface area contributed by atoms with E-state index in [0.717, 1.165) is 25.8 Å². The van der Waals surface area contributed by atoms with Crippen LogP contribution in [0.2, 0.25) is 0 Å². The van der Waals surface area contributed by atoms with Gasteiger partial charge < -0.3 is 11.1 Å². The number of carbonyl (C=O) groups is 1. The van der Waals surface area contributed by atoms with Gasteiger partial charge in [-0.25, -0.2) is 0 Å². The number of rotatable bonds is 0. The van der Waals surface area contributed by atoms with Crippen molar-refractivity contribution in [2.24, 2.45) is 11.1 Å². The van der Waals surface area contributed by atoms with Crippen molar-refractivity contribution < 1.29 is 4.79 Å². The van der Waals surface area contributed by atoms with Crippen LogP contribution in [0.15, 0.2) is 0 Å². The van der Waals surface area contributed by atoms with Crippen LogP contribution < -0.4 is 11.1 Å². The van der Waals surface area contributed by atoms with Crippen molar-refractivity contribution in [1.29, 1.82) is 0 Å². The Morgan fingerprint density at radius 1 is 1.64 bits per heavy atom. The standard InChI is InChI=1S/C8H14N2O/c9-6-1-2-8(3-6)4-7(11)10-5-8/h6H,1-5,9H2,(H,10,11). The molecule has 3 nitrogen and oxygen atoms in total. The molecule has 1 aliphatic heterocycles. The van der Waals surface area contributed by atoms with Gasteiger partial charge in [-0.15, -0.1) is 0 Å². The molecule has 0 radical (unpaired) electrons. The Bertz CT molecular complexity index is 193. The first kappa shape index (κ1) is 7.10. The maximum atomic E-state index is 11.0. The molecular weight excluding hydrogens is 140 g/mol. The molecule has 0 bridgehead atoms. The maximum Gasteiger partial charge on any atom is 0.220 e. The lowest BCUT2D eigenvalue weighted by Gasteiger charge is -2.19. The van der Waals surface area contributed by atoms with Crippen LogP contribution in [0.3, 0.4) is 0 Å². The van der Waals surface area contributed by atoms with E-state index >= 15 is 0 Å². The van der Waals surface area contributed by atoms with E-state index in [9.17, 15) is 4.79 Å². The summed E-state index contributed by atoms with van der Waals surface area (Å²) in [6, 6.07) is 0.336. The number of nitrogens with one attached hydrogen (secondary N) is 1. The van der Waals surface area contributed by atoms with Crippen molar-refractivity contribution in [3.63, 3.8) is 0 Å². The summed E-state index contributed by atoms with van der Waals surface area (Å²) in [6.45, 7) is 0.861. The van der Waals surface area contributed by atoms with E-state index < -0.39 is 0 Å². The van der Waals surface area contributed by atoms with E-state index in [1.54, 1.807) is 0 Å². The SMILES string of the molecule is NC1CCC2(CNC(=O)C2)C1. The van der Waals surface area contributed by atoms with Gasteiger partial charge in [0.2, 0.25) is 5.91 Å². The summed E-state index contributed by atoms with van der Waals surface area (Å²) in [7, 11) is 0. The third kappa shape index (κ3) is 1.13. The minimum Gasteiger partial charge on any atom is -0.356 e. The Morgan fingerprint density at radius 3 is 2.91 bits per heavy atom. The van der Waals surface area contributed by atoms with Crippen molar-refractivity contribution in [2.75, 3.05) is 6.54 Å². The minimum absolute atomic E-state index is 0.208. The first-order chi connectivity index (χ1) is 5.20. The molecular formula is C8H14N2O. The Morgan fingerprint density at radius 2 is 2.45 bits per heavy atom. The van der Waals surface area contributed by atoms with Crippen LogP contribution in [-0.4, -0.2) is 18.5 Å². The van der Waals surface area contributed by atoms with Gasteiger partial charge in [0, 0.05) is 19.0 Å². The molecule has 2 unspecified atom stereocenters. The van der Waals surface area contributed by atoms with Crippen LogP contribution in [0, 0.1) is 5.41 Å². The molecule has 1 amide bonds. The van der Waals surface area contributed by atoms with Gasteiger partial charge in [0.1, 0.15) is 0 Å². The van der Waals surface area contributed by atoms with Gasteiger partial charge in [0.05, 0.1) is 0 Å². The molecule has 1 heterocycles. The summed E-state index contributed by atoms with van der Waals surface area (Å²) in [5.41, 5.74) is 6.04. The summed E-state index contributed by atoms with van der Waals surface area (Å²) in [5, 5.41) is 2.88. The lowest BCUT2D eigenvalue weighted by molar-refractivity contribution is -0.119. The monoisotopic (exact) mass is 154 g/mol. The minimum atomic E-state index is 0.208. The molecule has 1 saturated carbocycles. The molecule has 0 aromatic heterocycles.